The molecule has 1 unspecified atom stereocenters. The van der Waals surface area contributed by atoms with Crippen molar-refractivity contribution in [3.8, 4) is 0 Å². The summed E-state index contributed by atoms with van der Waals surface area (Å²) >= 11 is 0. The van der Waals surface area contributed by atoms with Gasteiger partial charge in [-0.3, -0.25) is 4.79 Å². The van der Waals surface area contributed by atoms with Gasteiger partial charge in [0, 0.05) is 13.0 Å². The Morgan fingerprint density at radius 1 is 1.25 bits per heavy atom. The number of hydrogen-bond acceptors (Lipinski definition) is 1. The molecule has 0 rings (SSSR count). The smallest absolute Gasteiger partial charge is 0.222 e. The largest absolute Gasteiger partial charge is 0.359 e. The second-order valence-corrected chi connectivity index (χ2v) is 3.14. The van der Waals surface area contributed by atoms with Gasteiger partial charge in [0.15, 0.2) is 0 Å². The molecule has 0 aromatic heterocycles. The van der Waals surface area contributed by atoms with Crippen molar-refractivity contribution in [2.24, 2.45) is 11.8 Å². The third kappa shape index (κ3) is 7.58. The molecule has 2 nitrogen and oxygen atoms in total. The van der Waals surface area contributed by atoms with Crippen LogP contribution in [0.5, 0.6) is 0 Å². The van der Waals surface area contributed by atoms with Gasteiger partial charge in [-0.25, -0.2) is 0 Å². The van der Waals surface area contributed by atoms with Crippen LogP contribution in [0, 0.1) is 11.8 Å². The molecule has 0 heterocycles. The minimum Gasteiger partial charge on any atom is -0.359 e. The molecule has 0 saturated carbocycles. The number of carbonyl (C=O) groups is 1. The normalized spacial score (nSPS) is 11.6. The van der Waals surface area contributed by atoms with Gasteiger partial charge >= 0.3 is 0 Å². The number of carbonyl (C=O) groups excluding carboxylic acids is 1. The first-order chi connectivity index (χ1) is 5.57. The summed E-state index contributed by atoms with van der Waals surface area (Å²) in [6, 6.07) is 0. The zero-order valence-electron chi connectivity index (χ0n) is 9.27. The van der Waals surface area contributed by atoms with Crippen LogP contribution in [0.3, 0.4) is 0 Å². The predicted molar refractivity (Wildman–Crippen MR) is 54.0 cm³/mol. The summed E-state index contributed by atoms with van der Waals surface area (Å²) in [6.45, 7) is 10.2. The van der Waals surface area contributed by atoms with Crippen molar-refractivity contribution in [2.45, 2.75) is 41.0 Å². The first-order valence-electron chi connectivity index (χ1n) is 4.79. The molecule has 0 aliphatic heterocycles. The second-order valence-electron chi connectivity index (χ2n) is 3.14. The molecule has 0 fully saturated rings. The lowest BCUT2D eigenvalue weighted by Crippen LogP contribution is -2.26. The molecule has 0 bridgehead atoms. The van der Waals surface area contributed by atoms with Crippen LogP contribution < -0.4 is 5.32 Å². The van der Waals surface area contributed by atoms with Crippen molar-refractivity contribution in [1.82, 2.24) is 5.32 Å². The van der Waals surface area contributed by atoms with Gasteiger partial charge in [-0.2, -0.15) is 0 Å². The minimum atomic E-state index is 0.147. The Hall–Kier alpha value is -0.530. The van der Waals surface area contributed by atoms with E-state index < -0.39 is 0 Å². The number of nitrogens with one attached hydrogen (secondary N) is 1. The van der Waals surface area contributed by atoms with E-state index in [-0.39, 0.29) is 11.8 Å². The van der Waals surface area contributed by atoms with Crippen molar-refractivity contribution < 1.29 is 4.79 Å². The topological polar surface area (TPSA) is 29.1 Å². The molecule has 1 amide bonds. The molecule has 0 aliphatic rings. The summed E-state index contributed by atoms with van der Waals surface area (Å²) in [7, 11) is 1.68. The zero-order valence-corrected chi connectivity index (χ0v) is 9.27. The van der Waals surface area contributed by atoms with Crippen molar-refractivity contribution >= 4 is 5.91 Å². The van der Waals surface area contributed by atoms with Crippen LogP contribution in [0.1, 0.15) is 41.0 Å². The molecule has 0 aromatic carbocycles. The van der Waals surface area contributed by atoms with E-state index in [0.717, 1.165) is 6.42 Å². The van der Waals surface area contributed by atoms with Crippen LogP contribution in [0.4, 0.5) is 0 Å². The number of amides is 1. The predicted octanol–water partition coefficient (Wildman–Crippen LogP) is 2.44. The van der Waals surface area contributed by atoms with Crippen LogP contribution in [-0.4, -0.2) is 13.0 Å². The molecule has 2 heteroatoms. The van der Waals surface area contributed by atoms with E-state index >= 15 is 0 Å². The molecule has 0 aromatic rings. The van der Waals surface area contributed by atoms with Crippen molar-refractivity contribution in [2.75, 3.05) is 7.05 Å². The fraction of sp³-hybridized carbons (Fsp3) is 0.900. The Kier molecular flexibility index (Phi) is 10.0. The quantitative estimate of drug-likeness (QED) is 0.698. The Morgan fingerprint density at radius 3 is 1.92 bits per heavy atom. The molecular weight excluding hydrogens is 150 g/mol. The van der Waals surface area contributed by atoms with Crippen LogP contribution in [0.15, 0.2) is 0 Å². The molecule has 1 atom stereocenters. The summed E-state index contributed by atoms with van der Waals surface area (Å²) in [5.41, 5.74) is 0. The van der Waals surface area contributed by atoms with E-state index in [4.69, 9.17) is 0 Å². The van der Waals surface area contributed by atoms with Gasteiger partial charge in [0.1, 0.15) is 0 Å². The lowest BCUT2D eigenvalue weighted by molar-refractivity contribution is -0.124. The van der Waals surface area contributed by atoms with Gasteiger partial charge in [-0.05, 0) is 12.3 Å². The molecule has 1 N–H and O–H groups in total. The molecular formula is C10H23NO. The zero-order chi connectivity index (χ0) is 10.1. The summed E-state index contributed by atoms with van der Waals surface area (Å²) in [5, 5.41) is 2.63. The maximum Gasteiger partial charge on any atom is 0.222 e. The van der Waals surface area contributed by atoms with Crippen molar-refractivity contribution in [3.63, 3.8) is 0 Å². The number of hydrogen-bond donors (Lipinski definition) is 1. The van der Waals surface area contributed by atoms with Gasteiger partial charge in [-0.15, -0.1) is 0 Å². The third-order valence-electron chi connectivity index (χ3n) is 1.52. The monoisotopic (exact) mass is 173 g/mol. The van der Waals surface area contributed by atoms with E-state index in [1.54, 1.807) is 7.05 Å². The van der Waals surface area contributed by atoms with Gasteiger partial charge in [-0.1, -0.05) is 34.6 Å². The van der Waals surface area contributed by atoms with Crippen LogP contribution in [0.25, 0.3) is 0 Å². The van der Waals surface area contributed by atoms with Crippen molar-refractivity contribution in [1.29, 1.82) is 0 Å². The van der Waals surface area contributed by atoms with Gasteiger partial charge in [0.2, 0.25) is 5.91 Å². The highest BCUT2D eigenvalue weighted by Crippen LogP contribution is 2.09. The van der Waals surface area contributed by atoms with Gasteiger partial charge in [0.05, 0.1) is 0 Å². The minimum absolute atomic E-state index is 0.147. The first-order valence-corrected chi connectivity index (χ1v) is 4.79. The second kappa shape index (κ2) is 8.57. The molecule has 74 valence electrons. The summed E-state index contributed by atoms with van der Waals surface area (Å²) in [5.74, 6) is 0.908. The van der Waals surface area contributed by atoms with Gasteiger partial charge in [0.25, 0.3) is 0 Å². The van der Waals surface area contributed by atoms with E-state index in [1.165, 1.54) is 0 Å². The molecule has 12 heavy (non-hydrogen) atoms. The molecule has 0 radical (unpaired) electrons. The Balaban J connectivity index is 0. The van der Waals surface area contributed by atoms with E-state index in [0.29, 0.717) is 5.92 Å². The third-order valence-corrected chi connectivity index (χ3v) is 1.52. The summed E-state index contributed by atoms with van der Waals surface area (Å²) in [6.07, 6.45) is 0.972. The molecule has 0 aliphatic carbocycles. The Morgan fingerprint density at radius 2 is 1.67 bits per heavy atom. The summed E-state index contributed by atoms with van der Waals surface area (Å²) < 4.78 is 0. The van der Waals surface area contributed by atoms with Gasteiger partial charge < -0.3 is 5.32 Å². The fourth-order valence-electron chi connectivity index (χ4n) is 1.06. The maximum atomic E-state index is 10.9. The Bertz CT molecular complexity index is 110. The Labute approximate surface area is 76.7 Å². The molecule has 0 spiro atoms. The highest BCUT2D eigenvalue weighted by atomic mass is 16.1. The lowest BCUT2D eigenvalue weighted by atomic mass is 9.98. The maximum absolute atomic E-state index is 10.9. The number of rotatable bonds is 3. The van der Waals surface area contributed by atoms with Crippen molar-refractivity contribution in [3.05, 3.63) is 0 Å². The van der Waals surface area contributed by atoms with Crippen LogP contribution >= 0.6 is 0 Å². The summed E-state index contributed by atoms with van der Waals surface area (Å²) in [4.78, 5) is 10.9. The first kappa shape index (κ1) is 14.0. The van der Waals surface area contributed by atoms with E-state index in [2.05, 4.69) is 19.2 Å². The average Bonchev–Trinajstić information content (AvgIpc) is 2.05. The van der Waals surface area contributed by atoms with E-state index in [9.17, 15) is 4.79 Å². The fourth-order valence-corrected chi connectivity index (χ4v) is 1.06. The highest BCUT2D eigenvalue weighted by molar-refractivity contribution is 5.77. The standard InChI is InChI=1S/C8H17NO.C2H6/c1-6(2)5-7(3)8(10)9-4;1-2/h6-7H,5H2,1-4H3,(H,9,10);1-2H3. The van der Waals surface area contributed by atoms with Crippen LogP contribution in [0.2, 0.25) is 0 Å². The highest BCUT2D eigenvalue weighted by Gasteiger charge is 2.11. The molecule has 0 saturated heterocycles. The van der Waals surface area contributed by atoms with Crippen LogP contribution in [-0.2, 0) is 4.79 Å². The average molecular weight is 173 g/mol. The SMILES string of the molecule is CC.CNC(=O)C(C)CC(C)C. The lowest BCUT2D eigenvalue weighted by Gasteiger charge is -2.11. The van der Waals surface area contributed by atoms with E-state index in [1.807, 2.05) is 20.8 Å².